The standard InChI is InChI=1S/2C28H23ClN4O7/c2*1-16-28(27(35)31(30-16)19-12-10-18(29)11-13-19)24(34)15-22(21-8-3-4-9-23(21)40-2)26(33(38)39)25(28)17-6-5-7-20(14-17)32(36)37/h2*3-14,22,25-26H,15H2,1-2H3/t2*22-,25-,26+,28+/m00/s1. The molecule has 10 rings (SSSR count). The van der Waals surface area contributed by atoms with Crippen molar-refractivity contribution < 1.29 is 48.3 Å². The summed E-state index contributed by atoms with van der Waals surface area (Å²) < 4.78 is 10.9. The molecule has 24 heteroatoms. The molecule has 4 aliphatic rings. The van der Waals surface area contributed by atoms with Gasteiger partial charge in [0, 0.05) is 68.1 Å². The number of hydrazone groups is 2. The lowest BCUT2D eigenvalue weighted by atomic mass is 9.55. The van der Waals surface area contributed by atoms with Crippen molar-refractivity contribution in [3.63, 3.8) is 0 Å². The molecule has 8 atom stereocenters. The number of amides is 2. The molecule has 2 aliphatic heterocycles. The average Bonchev–Trinajstić information content (AvgIpc) is 3.88. The molecule has 0 saturated heterocycles. The highest BCUT2D eigenvalue weighted by atomic mass is 35.5. The molecule has 2 spiro atoms. The summed E-state index contributed by atoms with van der Waals surface area (Å²) in [4.78, 5) is 104. The highest BCUT2D eigenvalue weighted by Gasteiger charge is 2.71. The number of rotatable bonds is 12. The summed E-state index contributed by atoms with van der Waals surface area (Å²) in [5.74, 6) is -6.75. The number of halogens is 2. The normalized spacial score (nSPS) is 24.2. The predicted octanol–water partition coefficient (Wildman–Crippen LogP) is 10.3. The Labute approximate surface area is 464 Å². The zero-order valence-corrected chi connectivity index (χ0v) is 44.3. The molecule has 2 aliphatic carbocycles. The fourth-order valence-electron chi connectivity index (χ4n) is 12.0. The van der Waals surface area contributed by atoms with Gasteiger partial charge in [0.1, 0.15) is 11.5 Å². The SMILES string of the molecule is COc1ccccc1[C@@H]1CC(=O)[C@@]2(C(=O)N(c3ccc(Cl)cc3)N=C2C)[C@@H](c2cccc([N+](=O)[O-])c2)[C@@H]1[N+](=O)[O-].COc1ccccc1[C@@H]1CC(=O)[C@@]2(C(=O)N(c3ccc(Cl)cc3)N=C2C)[C@@H](c2cccc([N+](=O)[O-])c2)[C@@H]1[N+](=O)[O-]. The van der Waals surface area contributed by atoms with Crippen LogP contribution in [-0.4, -0.2) is 80.8 Å². The number of nitro groups is 4. The maximum absolute atomic E-state index is 14.3. The number of ether oxygens (including phenoxy) is 2. The lowest BCUT2D eigenvalue weighted by molar-refractivity contribution is -0.534. The second-order valence-electron chi connectivity index (χ2n) is 19.3. The van der Waals surface area contributed by atoms with Crippen LogP contribution in [0.4, 0.5) is 22.7 Å². The van der Waals surface area contributed by atoms with Crippen molar-refractivity contribution >= 4 is 80.8 Å². The summed E-state index contributed by atoms with van der Waals surface area (Å²) in [6.07, 6.45) is -0.686. The number of anilines is 2. The number of nitrogens with zero attached hydrogens (tertiary/aromatic N) is 8. The van der Waals surface area contributed by atoms with E-state index >= 15 is 0 Å². The van der Waals surface area contributed by atoms with Crippen molar-refractivity contribution in [2.75, 3.05) is 24.2 Å². The molecular formula is C56H46Cl2N8O14. The predicted molar refractivity (Wildman–Crippen MR) is 293 cm³/mol. The number of nitro benzene ring substituents is 2. The van der Waals surface area contributed by atoms with Crippen LogP contribution in [0.2, 0.25) is 10.0 Å². The van der Waals surface area contributed by atoms with Gasteiger partial charge in [-0.1, -0.05) is 83.9 Å². The Balaban J connectivity index is 0.000000194. The number of benzene rings is 6. The smallest absolute Gasteiger partial charge is 0.269 e. The molecule has 0 aromatic heterocycles. The van der Waals surface area contributed by atoms with Crippen LogP contribution >= 0.6 is 23.2 Å². The van der Waals surface area contributed by atoms with E-state index in [4.69, 9.17) is 32.7 Å². The molecule has 80 heavy (non-hydrogen) atoms. The molecule has 0 bridgehead atoms. The number of para-hydroxylation sites is 2. The second-order valence-corrected chi connectivity index (χ2v) is 20.2. The van der Waals surface area contributed by atoms with Crippen LogP contribution in [0.1, 0.15) is 72.6 Å². The average molecular weight is 1130 g/mol. The maximum Gasteiger partial charge on any atom is 0.269 e. The van der Waals surface area contributed by atoms with Gasteiger partial charge in [0.25, 0.3) is 23.2 Å². The summed E-state index contributed by atoms with van der Waals surface area (Å²) in [6.45, 7) is 2.97. The van der Waals surface area contributed by atoms with Crippen molar-refractivity contribution in [2.45, 2.75) is 62.4 Å². The van der Waals surface area contributed by atoms with E-state index in [0.717, 1.165) is 10.0 Å². The van der Waals surface area contributed by atoms with Crippen LogP contribution in [-0.2, 0) is 19.2 Å². The van der Waals surface area contributed by atoms with Crippen LogP contribution in [0, 0.1) is 51.3 Å². The topological polar surface area (TPSA) is 290 Å². The van der Waals surface area contributed by atoms with Gasteiger partial charge in [0.2, 0.25) is 12.1 Å². The van der Waals surface area contributed by atoms with Gasteiger partial charge in [-0.25, -0.2) is 0 Å². The number of carbonyl (C=O) groups is 4. The Hall–Kier alpha value is -9.28. The first kappa shape index (κ1) is 55.5. The maximum atomic E-state index is 14.3. The highest BCUT2D eigenvalue weighted by molar-refractivity contribution is 6.34. The molecule has 2 fully saturated rings. The minimum atomic E-state index is -2.06. The number of ketones is 2. The van der Waals surface area contributed by atoms with Gasteiger partial charge in [0.15, 0.2) is 22.4 Å². The van der Waals surface area contributed by atoms with Crippen LogP contribution in [0.3, 0.4) is 0 Å². The zero-order chi connectivity index (χ0) is 57.5. The first-order valence-electron chi connectivity index (χ1n) is 24.6. The van der Waals surface area contributed by atoms with Crippen LogP contribution < -0.4 is 19.5 Å². The molecule has 2 amide bonds. The van der Waals surface area contributed by atoms with E-state index in [1.165, 1.54) is 76.6 Å². The van der Waals surface area contributed by atoms with Crippen LogP contribution in [0.5, 0.6) is 11.5 Å². The molecule has 22 nitrogen and oxygen atoms in total. The van der Waals surface area contributed by atoms with Crippen molar-refractivity contribution in [1.29, 1.82) is 0 Å². The van der Waals surface area contributed by atoms with Crippen LogP contribution in [0.15, 0.2) is 156 Å². The highest BCUT2D eigenvalue weighted by Crippen LogP contribution is 2.58. The Bertz CT molecular complexity index is 3380. The van der Waals surface area contributed by atoms with E-state index in [-0.39, 0.29) is 46.8 Å². The van der Waals surface area contributed by atoms with Gasteiger partial charge in [-0.2, -0.15) is 20.2 Å². The van der Waals surface area contributed by atoms with Gasteiger partial charge in [0.05, 0.1) is 70.5 Å². The van der Waals surface area contributed by atoms with E-state index in [2.05, 4.69) is 10.2 Å². The first-order valence-corrected chi connectivity index (χ1v) is 25.4. The lowest BCUT2D eigenvalue weighted by Gasteiger charge is -2.43. The molecule has 6 aromatic carbocycles. The lowest BCUT2D eigenvalue weighted by Crippen LogP contribution is -2.59. The fraction of sp³-hybridized carbons (Fsp3) is 0.250. The summed E-state index contributed by atoms with van der Waals surface area (Å²) in [7, 11) is 2.84. The summed E-state index contributed by atoms with van der Waals surface area (Å²) in [5, 5.41) is 61.0. The minimum Gasteiger partial charge on any atom is -0.496 e. The molecule has 2 heterocycles. The molecular weight excluding hydrogens is 1080 g/mol. The number of methoxy groups -OCH3 is 2. The second kappa shape index (κ2) is 21.9. The van der Waals surface area contributed by atoms with Crippen molar-refractivity contribution in [3.05, 3.63) is 218 Å². The minimum absolute atomic E-state index is 0.0688. The fourth-order valence-corrected chi connectivity index (χ4v) is 12.2. The Morgan fingerprint density at radius 3 is 1.19 bits per heavy atom. The molecule has 0 N–H and O–H groups in total. The summed E-state index contributed by atoms with van der Waals surface area (Å²) >= 11 is 12.0. The molecule has 0 unspecified atom stereocenters. The van der Waals surface area contributed by atoms with Gasteiger partial charge in [-0.05, 0) is 85.6 Å². The number of non-ortho nitro benzene ring substituents is 2. The zero-order valence-electron chi connectivity index (χ0n) is 42.8. The molecule has 408 valence electrons. The molecule has 0 radical (unpaired) electrons. The number of carbonyl (C=O) groups excluding carboxylic acids is 4. The Kier molecular flexibility index (Phi) is 15.2. The Morgan fingerprint density at radius 2 is 0.863 bits per heavy atom. The third-order valence-corrected chi connectivity index (χ3v) is 15.9. The number of hydrogen-bond donors (Lipinski definition) is 0. The van der Waals surface area contributed by atoms with E-state index in [1.54, 1.807) is 97.1 Å². The van der Waals surface area contributed by atoms with Gasteiger partial charge >= 0.3 is 0 Å². The quantitative estimate of drug-likeness (QED) is 0.0626. The monoisotopic (exact) mass is 1120 g/mol. The van der Waals surface area contributed by atoms with Crippen molar-refractivity contribution in [1.82, 2.24) is 0 Å². The third-order valence-electron chi connectivity index (χ3n) is 15.4. The summed E-state index contributed by atoms with van der Waals surface area (Å²) in [5.41, 5.74) is -2.90. The number of Topliss-reactive ketones (excluding diaryl/α,β-unsaturated/α-hetero) is 2. The van der Waals surface area contributed by atoms with Crippen LogP contribution in [0.25, 0.3) is 0 Å². The van der Waals surface area contributed by atoms with Gasteiger partial charge in [-0.15, -0.1) is 0 Å². The van der Waals surface area contributed by atoms with E-state index in [0.29, 0.717) is 44.0 Å². The van der Waals surface area contributed by atoms with Gasteiger partial charge < -0.3 is 9.47 Å². The third kappa shape index (κ3) is 9.24. The van der Waals surface area contributed by atoms with Crippen molar-refractivity contribution in [2.24, 2.45) is 21.0 Å². The number of hydrogen-bond acceptors (Lipinski definition) is 16. The van der Waals surface area contributed by atoms with E-state index < -0.39 is 89.7 Å². The van der Waals surface area contributed by atoms with Gasteiger partial charge in [-0.3, -0.25) is 59.6 Å². The molecule has 2 saturated carbocycles. The Morgan fingerprint density at radius 1 is 0.512 bits per heavy atom. The summed E-state index contributed by atoms with van der Waals surface area (Å²) in [6, 6.07) is 33.3. The first-order chi connectivity index (χ1) is 38.2. The van der Waals surface area contributed by atoms with E-state index in [1.807, 2.05) is 0 Å². The largest absolute Gasteiger partial charge is 0.496 e. The van der Waals surface area contributed by atoms with Crippen molar-refractivity contribution in [3.8, 4) is 11.5 Å². The van der Waals surface area contributed by atoms with E-state index in [9.17, 15) is 59.6 Å². The molecule has 6 aromatic rings.